The van der Waals surface area contributed by atoms with Gasteiger partial charge in [-0.3, -0.25) is 0 Å². The summed E-state index contributed by atoms with van der Waals surface area (Å²) in [5, 5.41) is 8.28. The van der Waals surface area contributed by atoms with Gasteiger partial charge >= 0.3 is 6.18 Å². The summed E-state index contributed by atoms with van der Waals surface area (Å²) >= 11 is 5.57. The Morgan fingerprint density at radius 3 is 2.39 bits per heavy atom. The van der Waals surface area contributed by atoms with Crippen LogP contribution in [0.3, 0.4) is 0 Å². The molecular weight excluding hydrogens is 290 g/mol. The Hall–Kier alpha value is -0.490. The Kier molecular flexibility index (Phi) is 6.99. The molecule has 0 saturated carbocycles. The fraction of sp³-hybridized carbons (Fsp3) is 0.455. The molecule has 0 heterocycles. The van der Waals surface area contributed by atoms with Crippen LogP contribution in [-0.4, -0.2) is 11.7 Å². The van der Waals surface area contributed by atoms with Crippen LogP contribution in [0.4, 0.5) is 13.2 Å². The molecule has 2 nitrogen and oxygen atoms in total. The fourth-order valence-corrected chi connectivity index (χ4v) is 1.77. The highest BCUT2D eigenvalue weighted by Crippen LogP contribution is 2.35. The van der Waals surface area contributed by atoms with Crippen LogP contribution in [0.1, 0.15) is 30.0 Å². The summed E-state index contributed by atoms with van der Waals surface area (Å²) in [5.41, 5.74) is 5.43. The molecule has 7 heteroatoms. The quantitative estimate of drug-likeness (QED) is 0.893. The highest BCUT2D eigenvalue weighted by Gasteiger charge is 2.33. The van der Waals surface area contributed by atoms with E-state index in [0.717, 1.165) is 6.07 Å². The van der Waals surface area contributed by atoms with Crippen LogP contribution in [0.15, 0.2) is 18.2 Å². The largest absolute Gasteiger partial charge is 0.417 e. The minimum atomic E-state index is -4.45. The van der Waals surface area contributed by atoms with Gasteiger partial charge in [-0.05, 0) is 30.5 Å². The smallest absolute Gasteiger partial charge is 0.396 e. The molecule has 0 fully saturated rings. The third kappa shape index (κ3) is 4.65. The molecule has 0 radical (unpaired) electrons. The van der Waals surface area contributed by atoms with Crippen LogP contribution >= 0.6 is 24.0 Å². The number of aliphatic hydroxyl groups excluding tert-OH is 1. The van der Waals surface area contributed by atoms with Gasteiger partial charge in [0.05, 0.1) is 10.6 Å². The second kappa shape index (κ2) is 7.19. The van der Waals surface area contributed by atoms with Crippen molar-refractivity contribution in [2.24, 2.45) is 5.73 Å². The lowest BCUT2D eigenvalue weighted by Crippen LogP contribution is -2.12. The molecular formula is C11H14Cl2F3NO. The maximum absolute atomic E-state index is 12.4. The van der Waals surface area contributed by atoms with E-state index in [-0.39, 0.29) is 24.0 Å². The Balaban J connectivity index is 0.00000289. The lowest BCUT2D eigenvalue weighted by Gasteiger charge is -2.14. The zero-order chi connectivity index (χ0) is 13.1. The monoisotopic (exact) mass is 303 g/mol. The predicted octanol–water partition coefficient (Wildman–Crippen LogP) is 3.55. The van der Waals surface area contributed by atoms with Gasteiger partial charge < -0.3 is 10.8 Å². The fourth-order valence-electron chi connectivity index (χ4n) is 1.47. The highest BCUT2D eigenvalue weighted by atomic mass is 35.5. The molecule has 104 valence electrons. The van der Waals surface area contributed by atoms with E-state index in [1.807, 2.05) is 0 Å². The van der Waals surface area contributed by atoms with E-state index in [9.17, 15) is 13.2 Å². The van der Waals surface area contributed by atoms with Gasteiger partial charge in [0.1, 0.15) is 0 Å². The van der Waals surface area contributed by atoms with Gasteiger partial charge in [-0.1, -0.05) is 17.7 Å². The van der Waals surface area contributed by atoms with Gasteiger partial charge in [0.25, 0.3) is 0 Å². The van der Waals surface area contributed by atoms with Crippen LogP contribution in [0.5, 0.6) is 0 Å². The minimum absolute atomic E-state index is 0. The van der Waals surface area contributed by atoms with Crippen molar-refractivity contribution in [1.29, 1.82) is 0 Å². The first kappa shape index (κ1) is 17.5. The molecule has 1 aromatic carbocycles. The SMILES string of the molecule is Cl.N[C@H](CCCO)c1ccc(C(F)(F)F)c(Cl)c1. The summed E-state index contributed by atoms with van der Waals surface area (Å²) < 4.78 is 37.3. The van der Waals surface area contributed by atoms with E-state index in [4.69, 9.17) is 22.4 Å². The average Bonchev–Trinajstić information content (AvgIpc) is 2.23. The van der Waals surface area contributed by atoms with Crippen molar-refractivity contribution >= 4 is 24.0 Å². The van der Waals surface area contributed by atoms with Crippen LogP contribution in [-0.2, 0) is 6.18 Å². The number of aliphatic hydroxyl groups is 1. The van der Waals surface area contributed by atoms with Crippen molar-refractivity contribution in [3.05, 3.63) is 34.3 Å². The van der Waals surface area contributed by atoms with Crippen molar-refractivity contribution in [3.63, 3.8) is 0 Å². The maximum atomic E-state index is 12.4. The molecule has 1 aromatic rings. The maximum Gasteiger partial charge on any atom is 0.417 e. The van der Waals surface area contributed by atoms with Gasteiger partial charge in [0.2, 0.25) is 0 Å². The van der Waals surface area contributed by atoms with Crippen LogP contribution in [0.25, 0.3) is 0 Å². The van der Waals surface area contributed by atoms with E-state index in [0.29, 0.717) is 18.4 Å². The number of benzene rings is 1. The van der Waals surface area contributed by atoms with Crippen molar-refractivity contribution in [1.82, 2.24) is 0 Å². The second-order valence-corrected chi connectivity index (χ2v) is 4.12. The van der Waals surface area contributed by atoms with Crippen molar-refractivity contribution < 1.29 is 18.3 Å². The molecule has 0 aliphatic rings. The van der Waals surface area contributed by atoms with E-state index in [1.54, 1.807) is 0 Å². The topological polar surface area (TPSA) is 46.2 Å². The summed E-state index contributed by atoms with van der Waals surface area (Å²) in [6.07, 6.45) is -3.46. The average molecular weight is 304 g/mol. The lowest BCUT2D eigenvalue weighted by molar-refractivity contribution is -0.137. The van der Waals surface area contributed by atoms with Crippen molar-refractivity contribution in [2.75, 3.05) is 6.61 Å². The number of rotatable bonds is 4. The Bertz CT molecular complexity index is 385. The third-order valence-corrected chi connectivity index (χ3v) is 2.71. The molecule has 1 rings (SSSR count). The molecule has 0 unspecified atom stereocenters. The summed E-state index contributed by atoms with van der Waals surface area (Å²) in [5.74, 6) is 0. The molecule has 0 bridgehead atoms. The van der Waals surface area contributed by atoms with E-state index in [1.165, 1.54) is 12.1 Å². The van der Waals surface area contributed by atoms with Crippen molar-refractivity contribution in [3.8, 4) is 0 Å². The first-order chi connectivity index (χ1) is 7.86. The first-order valence-corrected chi connectivity index (χ1v) is 5.47. The number of nitrogens with two attached hydrogens (primary N) is 1. The number of halogens is 5. The summed E-state index contributed by atoms with van der Waals surface area (Å²) in [7, 11) is 0. The first-order valence-electron chi connectivity index (χ1n) is 5.09. The number of hydrogen-bond donors (Lipinski definition) is 2. The minimum Gasteiger partial charge on any atom is -0.396 e. The zero-order valence-electron chi connectivity index (χ0n) is 9.38. The Morgan fingerprint density at radius 2 is 1.94 bits per heavy atom. The normalized spacial score (nSPS) is 13.0. The second-order valence-electron chi connectivity index (χ2n) is 3.71. The van der Waals surface area contributed by atoms with E-state index >= 15 is 0 Å². The molecule has 0 aliphatic carbocycles. The van der Waals surface area contributed by atoms with Crippen molar-refractivity contribution in [2.45, 2.75) is 25.1 Å². The van der Waals surface area contributed by atoms with E-state index in [2.05, 4.69) is 0 Å². The zero-order valence-corrected chi connectivity index (χ0v) is 10.9. The molecule has 3 N–H and O–H groups in total. The number of alkyl halides is 3. The van der Waals surface area contributed by atoms with Crippen LogP contribution < -0.4 is 5.73 Å². The Morgan fingerprint density at radius 1 is 1.33 bits per heavy atom. The van der Waals surface area contributed by atoms with Crippen LogP contribution in [0, 0.1) is 0 Å². The summed E-state index contributed by atoms with van der Waals surface area (Å²) in [6, 6.07) is 3.06. The van der Waals surface area contributed by atoms with Gasteiger partial charge in [0, 0.05) is 12.6 Å². The molecule has 0 aromatic heterocycles. The summed E-state index contributed by atoms with van der Waals surface area (Å²) in [6.45, 7) is 0.00205. The molecule has 1 atom stereocenters. The van der Waals surface area contributed by atoms with Crippen LogP contribution in [0.2, 0.25) is 5.02 Å². The third-order valence-electron chi connectivity index (χ3n) is 2.40. The standard InChI is InChI=1S/C11H13ClF3NO.ClH/c12-9-6-7(10(16)2-1-5-17)3-4-8(9)11(13,14)15;/h3-4,6,10,17H,1-2,5,16H2;1H/t10-;/m1./s1. The molecule has 0 amide bonds. The highest BCUT2D eigenvalue weighted by molar-refractivity contribution is 6.31. The number of hydrogen-bond acceptors (Lipinski definition) is 2. The summed E-state index contributed by atoms with van der Waals surface area (Å²) in [4.78, 5) is 0. The predicted molar refractivity (Wildman–Crippen MR) is 67.0 cm³/mol. The molecule has 0 aliphatic heterocycles. The Labute approximate surface area is 114 Å². The van der Waals surface area contributed by atoms with Gasteiger partial charge in [-0.25, -0.2) is 0 Å². The molecule has 0 spiro atoms. The van der Waals surface area contributed by atoms with Gasteiger partial charge in [-0.2, -0.15) is 13.2 Å². The van der Waals surface area contributed by atoms with Gasteiger partial charge in [0.15, 0.2) is 0 Å². The van der Waals surface area contributed by atoms with E-state index < -0.39 is 17.8 Å². The van der Waals surface area contributed by atoms with Gasteiger partial charge in [-0.15, -0.1) is 12.4 Å². The molecule has 0 saturated heterocycles. The lowest BCUT2D eigenvalue weighted by atomic mass is 10.0. The molecule has 18 heavy (non-hydrogen) atoms.